The number of aryl methyl sites for hydroxylation is 3. The molecule has 108 valence electrons. The van der Waals surface area contributed by atoms with Crippen LogP contribution in [-0.4, -0.2) is 10.9 Å². The lowest BCUT2D eigenvalue weighted by Gasteiger charge is -2.08. The standard InChI is InChI=1S/C17H20N4/c1-12-7-8-19-16(9-12)11-20-17(18)21-15-6-5-13-3-2-4-14(13)10-15/h5-10H,2-4,11H2,1H3,(H3,18,20,21). The molecule has 1 heterocycles. The summed E-state index contributed by atoms with van der Waals surface area (Å²) >= 11 is 0. The Balaban J connectivity index is 1.65. The molecule has 3 rings (SSSR count). The van der Waals surface area contributed by atoms with E-state index >= 15 is 0 Å². The minimum atomic E-state index is 0.427. The van der Waals surface area contributed by atoms with Crippen LogP contribution in [0.4, 0.5) is 5.69 Å². The number of fused-ring (bicyclic) bond motifs is 1. The number of guanidine groups is 1. The number of hydrogen-bond acceptors (Lipinski definition) is 2. The topological polar surface area (TPSA) is 63.3 Å². The van der Waals surface area contributed by atoms with Crippen LogP contribution in [0.15, 0.2) is 41.5 Å². The summed E-state index contributed by atoms with van der Waals surface area (Å²) in [6.07, 6.45) is 5.40. The van der Waals surface area contributed by atoms with Crippen molar-refractivity contribution in [2.75, 3.05) is 5.32 Å². The molecule has 21 heavy (non-hydrogen) atoms. The van der Waals surface area contributed by atoms with Gasteiger partial charge in [0.2, 0.25) is 0 Å². The van der Waals surface area contributed by atoms with Crippen LogP contribution in [0, 0.1) is 6.92 Å². The van der Waals surface area contributed by atoms with Gasteiger partial charge in [-0.05, 0) is 67.1 Å². The highest BCUT2D eigenvalue weighted by molar-refractivity contribution is 5.92. The van der Waals surface area contributed by atoms with Gasteiger partial charge in [0, 0.05) is 11.9 Å². The van der Waals surface area contributed by atoms with Crippen LogP contribution in [0.2, 0.25) is 0 Å². The molecule has 0 atom stereocenters. The highest BCUT2D eigenvalue weighted by Crippen LogP contribution is 2.24. The van der Waals surface area contributed by atoms with E-state index in [1.54, 1.807) is 6.20 Å². The van der Waals surface area contributed by atoms with Crippen molar-refractivity contribution < 1.29 is 0 Å². The molecule has 1 aromatic heterocycles. The first kappa shape index (κ1) is 13.6. The van der Waals surface area contributed by atoms with Crippen LogP contribution >= 0.6 is 0 Å². The van der Waals surface area contributed by atoms with Gasteiger partial charge in [0.15, 0.2) is 5.96 Å². The summed E-state index contributed by atoms with van der Waals surface area (Å²) in [5.74, 6) is 0.427. The number of aliphatic imine (C=N–C) groups is 1. The van der Waals surface area contributed by atoms with Crippen LogP contribution in [0.3, 0.4) is 0 Å². The quantitative estimate of drug-likeness (QED) is 0.671. The van der Waals surface area contributed by atoms with Gasteiger partial charge in [0.1, 0.15) is 0 Å². The molecular formula is C17H20N4. The Bertz CT molecular complexity index is 676. The SMILES string of the molecule is Cc1ccnc(CN=C(N)Nc2ccc3c(c2)CCC3)c1. The van der Waals surface area contributed by atoms with Crippen LogP contribution in [0.1, 0.15) is 28.8 Å². The van der Waals surface area contributed by atoms with E-state index in [-0.39, 0.29) is 0 Å². The second-order valence-corrected chi connectivity index (χ2v) is 5.49. The lowest BCUT2D eigenvalue weighted by Crippen LogP contribution is -2.22. The van der Waals surface area contributed by atoms with E-state index in [0.29, 0.717) is 12.5 Å². The summed E-state index contributed by atoms with van der Waals surface area (Å²) in [4.78, 5) is 8.62. The Morgan fingerprint density at radius 1 is 1.24 bits per heavy atom. The van der Waals surface area contributed by atoms with Crippen LogP contribution in [0.5, 0.6) is 0 Å². The van der Waals surface area contributed by atoms with Crippen molar-refractivity contribution in [1.82, 2.24) is 4.98 Å². The van der Waals surface area contributed by atoms with Gasteiger partial charge >= 0.3 is 0 Å². The number of benzene rings is 1. The maximum Gasteiger partial charge on any atom is 0.193 e. The third-order valence-electron chi connectivity index (χ3n) is 3.75. The molecule has 2 aromatic rings. The maximum atomic E-state index is 5.95. The number of nitrogens with two attached hydrogens (primary N) is 1. The molecule has 0 radical (unpaired) electrons. The molecule has 4 heteroatoms. The van der Waals surface area contributed by atoms with Crippen LogP contribution in [-0.2, 0) is 19.4 Å². The molecule has 3 N–H and O–H groups in total. The highest BCUT2D eigenvalue weighted by Gasteiger charge is 2.10. The molecule has 0 amide bonds. The minimum Gasteiger partial charge on any atom is -0.370 e. The zero-order valence-electron chi connectivity index (χ0n) is 12.3. The zero-order chi connectivity index (χ0) is 14.7. The van der Waals surface area contributed by atoms with Crippen molar-refractivity contribution in [3.63, 3.8) is 0 Å². The second kappa shape index (κ2) is 5.95. The predicted molar refractivity (Wildman–Crippen MR) is 86.4 cm³/mol. The predicted octanol–water partition coefficient (Wildman–Crippen LogP) is 2.81. The van der Waals surface area contributed by atoms with Gasteiger partial charge in [-0.1, -0.05) is 6.07 Å². The number of hydrogen-bond donors (Lipinski definition) is 2. The van der Waals surface area contributed by atoms with E-state index in [2.05, 4.69) is 33.5 Å². The first-order valence-electron chi connectivity index (χ1n) is 7.31. The van der Waals surface area contributed by atoms with Crippen molar-refractivity contribution in [3.05, 3.63) is 58.9 Å². The average Bonchev–Trinajstić information content (AvgIpc) is 2.93. The van der Waals surface area contributed by atoms with Gasteiger partial charge in [-0.3, -0.25) is 4.98 Å². The summed E-state index contributed by atoms with van der Waals surface area (Å²) < 4.78 is 0. The number of rotatable bonds is 3. The third kappa shape index (κ3) is 3.40. The number of nitrogens with zero attached hydrogens (tertiary/aromatic N) is 2. The summed E-state index contributed by atoms with van der Waals surface area (Å²) in [5, 5.41) is 3.16. The molecule has 0 aliphatic heterocycles. The highest BCUT2D eigenvalue weighted by atomic mass is 15.1. The summed E-state index contributed by atoms with van der Waals surface area (Å²) in [6.45, 7) is 2.53. The Labute approximate surface area is 125 Å². The van der Waals surface area contributed by atoms with Gasteiger partial charge < -0.3 is 11.1 Å². The molecule has 4 nitrogen and oxygen atoms in total. The van der Waals surface area contributed by atoms with E-state index < -0.39 is 0 Å². The van der Waals surface area contributed by atoms with Crippen LogP contribution < -0.4 is 11.1 Å². The summed E-state index contributed by atoms with van der Waals surface area (Å²) in [5.41, 5.74) is 11.9. The molecule has 0 saturated heterocycles. The Morgan fingerprint density at radius 2 is 2.10 bits per heavy atom. The van der Waals surface area contributed by atoms with Crippen LogP contribution in [0.25, 0.3) is 0 Å². The lowest BCUT2D eigenvalue weighted by atomic mass is 10.1. The fourth-order valence-corrected chi connectivity index (χ4v) is 2.69. The molecule has 1 aliphatic rings. The van der Waals surface area contributed by atoms with Crippen molar-refractivity contribution in [2.24, 2.45) is 10.7 Å². The number of aromatic nitrogens is 1. The number of anilines is 1. The van der Waals surface area contributed by atoms with Crippen molar-refractivity contribution in [1.29, 1.82) is 0 Å². The Kier molecular flexibility index (Phi) is 3.86. The van der Waals surface area contributed by atoms with E-state index in [4.69, 9.17) is 5.73 Å². The molecule has 0 unspecified atom stereocenters. The van der Waals surface area contributed by atoms with Crippen molar-refractivity contribution in [3.8, 4) is 0 Å². The average molecular weight is 280 g/mol. The third-order valence-corrected chi connectivity index (χ3v) is 3.75. The van der Waals surface area contributed by atoms with Gasteiger partial charge in [0.05, 0.1) is 12.2 Å². The molecule has 0 fully saturated rings. The lowest BCUT2D eigenvalue weighted by molar-refractivity contribution is 0.912. The van der Waals surface area contributed by atoms with E-state index in [1.807, 2.05) is 19.1 Å². The van der Waals surface area contributed by atoms with Gasteiger partial charge in [-0.2, -0.15) is 0 Å². The van der Waals surface area contributed by atoms with Crippen molar-refractivity contribution in [2.45, 2.75) is 32.7 Å². The normalized spacial score (nSPS) is 14.0. The van der Waals surface area contributed by atoms with Gasteiger partial charge in [-0.25, -0.2) is 4.99 Å². The monoisotopic (exact) mass is 280 g/mol. The molecule has 0 saturated carbocycles. The molecule has 1 aliphatic carbocycles. The minimum absolute atomic E-state index is 0.427. The number of nitrogens with one attached hydrogen (secondary N) is 1. The zero-order valence-corrected chi connectivity index (χ0v) is 12.3. The molecule has 0 spiro atoms. The maximum absolute atomic E-state index is 5.95. The molecule has 1 aromatic carbocycles. The summed E-state index contributed by atoms with van der Waals surface area (Å²) in [7, 11) is 0. The fraction of sp³-hybridized carbons (Fsp3) is 0.294. The van der Waals surface area contributed by atoms with Gasteiger partial charge in [0.25, 0.3) is 0 Å². The number of pyridine rings is 1. The first-order chi connectivity index (χ1) is 10.2. The largest absolute Gasteiger partial charge is 0.370 e. The van der Waals surface area contributed by atoms with E-state index in [0.717, 1.165) is 17.8 Å². The van der Waals surface area contributed by atoms with E-state index in [9.17, 15) is 0 Å². The molecular weight excluding hydrogens is 260 g/mol. The Hall–Kier alpha value is -2.36. The smallest absolute Gasteiger partial charge is 0.193 e. The Morgan fingerprint density at radius 3 is 2.95 bits per heavy atom. The van der Waals surface area contributed by atoms with Gasteiger partial charge in [-0.15, -0.1) is 0 Å². The summed E-state index contributed by atoms with van der Waals surface area (Å²) in [6, 6.07) is 10.4. The fourth-order valence-electron chi connectivity index (χ4n) is 2.69. The molecule has 0 bridgehead atoms. The first-order valence-corrected chi connectivity index (χ1v) is 7.31. The van der Waals surface area contributed by atoms with E-state index in [1.165, 1.54) is 29.5 Å². The van der Waals surface area contributed by atoms with Crippen molar-refractivity contribution >= 4 is 11.6 Å². The second-order valence-electron chi connectivity index (χ2n) is 5.49.